The molecule has 1 unspecified atom stereocenters. The summed E-state index contributed by atoms with van der Waals surface area (Å²) in [6, 6.07) is 3.94. The van der Waals surface area contributed by atoms with Gasteiger partial charge in [0.2, 0.25) is 0 Å². The van der Waals surface area contributed by atoms with Crippen molar-refractivity contribution in [2.24, 2.45) is 5.41 Å². The third-order valence-corrected chi connectivity index (χ3v) is 4.18. The average molecular weight is 347 g/mol. The van der Waals surface area contributed by atoms with E-state index in [-0.39, 0.29) is 44.3 Å². The molecule has 0 amide bonds. The predicted octanol–water partition coefficient (Wildman–Crippen LogP) is 2.60. The molecule has 2 rings (SSSR count). The van der Waals surface area contributed by atoms with Crippen molar-refractivity contribution < 1.29 is 42.3 Å². The Balaban J connectivity index is 0.00000200. The van der Waals surface area contributed by atoms with Gasteiger partial charge in [-0.3, -0.25) is 9.59 Å². The van der Waals surface area contributed by atoms with E-state index in [9.17, 15) is 9.59 Å². The largest absolute Gasteiger partial charge is 0.377 e. The number of fused-ring (bicyclic) bond motifs is 1. The number of Topliss-reactive ketones (excluding diaryl/α,β-unsaturated/α-hetero) is 2. The van der Waals surface area contributed by atoms with Crippen molar-refractivity contribution in [2.75, 3.05) is 19.0 Å². The Morgan fingerprint density at radius 1 is 1.40 bits per heavy atom. The molecule has 1 aliphatic rings. The van der Waals surface area contributed by atoms with Gasteiger partial charge in [-0.2, -0.15) is 6.42 Å². The van der Waals surface area contributed by atoms with Crippen LogP contribution in [0.3, 0.4) is 0 Å². The minimum absolute atomic E-state index is 0. The van der Waals surface area contributed by atoms with Crippen LogP contribution >= 0.6 is 0 Å². The third-order valence-electron chi connectivity index (χ3n) is 4.18. The van der Waals surface area contributed by atoms with Gasteiger partial charge in [-0.1, -0.05) is 0 Å². The van der Waals surface area contributed by atoms with Crippen LogP contribution in [0.2, 0.25) is 0 Å². The molecule has 0 saturated heterocycles. The van der Waals surface area contributed by atoms with Gasteiger partial charge < -0.3 is 11.8 Å². The van der Waals surface area contributed by atoms with Crippen LogP contribution in [-0.2, 0) is 43.9 Å². The molecule has 0 aromatic heterocycles. The molecule has 1 aromatic carbocycles. The van der Waals surface area contributed by atoms with Crippen LogP contribution in [0.1, 0.15) is 34.8 Å². The first kappa shape index (κ1) is 17.5. The zero-order valence-electron chi connectivity index (χ0n) is 12.6. The minimum Gasteiger partial charge on any atom is -0.377 e. The molecule has 105 valence electrons. The van der Waals surface area contributed by atoms with Gasteiger partial charge in [-0.05, 0) is 43.5 Å². The number of anilines is 1. The van der Waals surface area contributed by atoms with E-state index >= 15 is 0 Å². The SMILES string of the molecule is [CH2-]CC1(C(C)=O)Cc2cc(N(C)C)c(C)cc2C1=O.[Y]. The van der Waals surface area contributed by atoms with E-state index in [0.29, 0.717) is 18.4 Å². The van der Waals surface area contributed by atoms with Crippen molar-refractivity contribution in [3.63, 3.8) is 0 Å². The molecule has 1 radical (unpaired) electrons. The molecule has 1 atom stereocenters. The molecule has 20 heavy (non-hydrogen) atoms. The van der Waals surface area contributed by atoms with Gasteiger partial charge in [0, 0.05) is 58.1 Å². The second-order valence-electron chi connectivity index (χ2n) is 5.58. The van der Waals surface area contributed by atoms with Crippen LogP contribution in [0, 0.1) is 19.3 Å². The van der Waals surface area contributed by atoms with Crippen LogP contribution in [0.15, 0.2) is 12.1 Å². The zero-order chi connectivity index (χ0) is 14.4. The molecule has 0 aliphatic heterocycles. The van der Waals surface area contributed by atoms with Crippen molar-refractivity contribution in [3.05, 3.63) is 35.7 Å². The number of hydrogen-bond acceptors (Lipinski definition) is 3. The summed E-state index contributed by atoms with van der Waals surface area (Å²) in [5, 5.41) is 0. The standard InChI is InChI=1S/C16H20NO2.Y/c1-6-16(11(3)18)9-12-8-14(17(4)5)10(2)7-13(12)15(16)19;/h7-8H,1,6,9H2,2-5H3;/q-1;. The topological polar surface area (TPSA) is 37.4 Å². The molecule has 4 heteroatoms. The molecule has 0 bridgehead atoms. The normalized spacial score (nSPS) is 20.4. The molecule has 3 nitrogen and oxygen atoms in total. The summed E-state index contributed by atoms with van der Waals surface area (Å²) < 4.78 is 0. The minimum atomic E-state index is -0.931. The summed E-state index contributed by atoms with van der Waals surface area (Å²) in [6.45, 7) is 7.30. The molecular formula is C16H20NO2Y-. The first-order valence-corrected chi connectivity index (χ1v) is 6.49. The van der Waals surface area contributed by atoms with Gasteiger partial charge in [0.05, 0.1) is 5.41 Å². The summed E-state index contributed by atoms with van der Waals surface area (Å²) >= 11 is 0. The Morgan fingerprint density at radius 2 is 2.00 bits per heavy atom. The van der Waals surface area contributed by atoms with Crippen molar-refractivity contribution in [1.29, 1.82) is 0 Å². The number of aryl methyl sites for hydroxylation is 1. The summed E-state index contributed by atoms with van der Waals surface area (Å²) in [5.74, 6) is -0.133. The molecule has 0 spiro atoms. The Labute approximate surface area is 146 Å². The van der Waals surface area contributed by atoms with E-state index < -0.39 is 5.41 Å². The first-order chi connectivity index (χ1) is 8.83. The van der Waals surface area contributed by atoms with Gasteiger partial charge in [0.15, 0.2) is 5.78 Å². The monoisotopic (exact) mass is 347 g/mol. The van der Waals surface area contributed by atoms with Crippen molar-refractivity contribution in [2.45, 2.75) is 26.7 Å². The van der Waals surface area contributed by atoms with Crippen LogP contribution in [0.5, 0.6) is 0 Å². The molecular weight excluding hydrogens is 327 g/mol. The second-order valence-corrected chi connectivity index (χ2v) is 5.58. The van der Waals surface area contributed by atoms with Gasteiger partial charge >= 0.3 is 0 Å². The maximum Gasteiger partial charge on any atom is 0.174 e. The van der Waals surface area contributed by atoms with Crippen molar-refractivity contribution in [3.8, 4) is 0 Å². The van der Waals surface area contributed by atoms with Gasteiger partial charge in [0.25, 0.3) is 0 Å². The molecule has 1 aliphatic carbocycles. The fourth-order valence-electron chi connectivity index (χ4n) is 2.90. The molecule has 0 saturated carbocycles. The van der Waals surface area contributed by atoms with Gasteiger partial charge in [-0.15, -0.1) is 0 Å². The van der Waals surface area contributed by atoms with Crippen LogP contribution in [0.4, 0.5) is 5.69 Å². The first-order valence-electron chi connectivity index (χ1n) is 6.49. The van der Waals surface area contributed by atoms with Crippen LogP contribution < -0.4 is 4.90 Å². The van der Waals surface area contributed by atoms with Crippen molar-refractivity contribution >= 4 is 17.3 Å². The van der Waals surface area contributed by atoms with E-state index in [4.69, 9.17) is 0 Å². The number of carbonyl (C=O) groups excluding carboxylic acids is 2. The summed E-state index contributed by atoms with van der Waals surface area (Å²) in [4.78, 5) is 26.5. The predicted molar refractivity (Wildman–Crippen MR) is 76.6 cm³/mol. The van der Waals surface area contributed by atoms with Gasteiger partial charge in [-0.25, -0.2) is 0 Å². The molecule has 0 fully saturated rings. The fraction of sp³-hybridized carbons (Fsp3) is 0.438. The van der Waals surface area contributed by atoms with Gasteiger partial charge in [0.1, 0.15) is 5.78 Å². The maximum absolute atomic E-state index is 12.6. The Hall–Kier alpha value is -0.536. The Kier molecular flexibility index (Phi) is 5.31. The molecule has 0 heterocycles. The quantitative estimate of drug-likeness (QED) is 0.623. The molecule has 0 N–H and O–H groups in total. The maximum atomic E-state index is 12.6. The summed E-state index contributed by atoms with van der Waals surface area (Å²) in [6.07, 6.45) is 0.813. The van der Waals surface area contributed by atoms with E-state index in [1.807, 2.05) is 38.1 Å². The summed E-state index contributed by atoms with van der Waals surface area (Å²) in [5.41, 5.74) is 2.88. The van der Waals surface area contributed by atoms with Crippen molar-refractivity contribution in [1.82, 2.24) is 0 Å². The number of rotatable bonds is 3. The number of hydrogen-bond donors (Lipinski definition) is 0. The number of benzene rings is 1. The second kappa shape index (κ2) is 6.07. The van der Waals surface area contributed by atoms with Crippen LogP contribution in [0.25, 0.3) is 0 Å². The Bertz CT molecular complexity index is 566. The van der Waals surface area contributed by atoms with E-state index in [1.165, 1.54) is 6.92 Å². The molecule has 1 aromatic rings. The third kappa shape index (κ3) is 2.51. The number of carbonyl (C=O) groups is 2. The van der Waals surface area contributed by atoms with E-state index in [0.717, 1.165) is 16.8 Å². The zero-order valence-corrected chi connectivity index (χ0v) is 15.5. The smallest absolute Gasteiger partial charge is 0.174 e. The average Bonchev–Trinajstić information content (AvgIpc) is 2.62. The fourth-order valence-corrected chi connectivity index (χ4v) is 2.90. The number of ketones is 2. The summed E-state index contributed by atoms with van der Waals surface area (Å²) in [7, 11) is 3.95. The number of nitrogens with zero attached hydrogens (tertiary/aromatic N) is 1. The van der Waals surface area contributed by atoms with E-state index in [1.54, 1.807) is 0 Å². The Morgan fingerprint density at radius 3 is 2.45 bits per heavy atom. The van der Waals surface area contributed by atoms with E-state index in [2.05, 4.69) is 6.92 Å². The van der Waals surface area contributed by atoms with Crippen LogP contribution in [-0.4, -0.2) is 25.7 Å².